The first-order chi connectivity index (χ1) is 8.77. The van der Waals surface area contributed by atoms with Gasteiger partial charge in [0.1, 0.15) is 4.60 Å². The Hall–Kier alpha value is -1.45. The molecule has 0 amide bonds. The molecule has 1 heterocycles. The highest BCUT2D eigenvalue weighted by molar-refractivity contribution is 9.10. The smallest absolute Gasteiger partial charge is 0.235 e. The summed E-state index contributed by atoms with van der Waals surface area (Å²) in [4.78, 5) is 14.9. The Kier molecular flexibility index (Phi) is 2.80. The van der Waals surface area contributed by atoms with Gasteiger partial charge < -0.3 is 0 Å². The lowest BCUT2D eigenvalue weighted by molar-refractivity contribution is 0.459. The van der Waals surface area contributed by atoms with E-state index in [9.17, 15) is 4.79 Å². The number of fused-ring (bicyclic) bond motifs is 1. The number of aromatic nitrogens is 2. The molecule has 1 aromatic carbocycles. The number of isocyanates is 1. The average molecular weight is 306 g/mol. The van der Waals surface area contributed by atoms with E-state index in [0.717, 1.165) is 46.8 Å². The molecule has 2 aromatic rings. The summed E-state index contributed by atoms with van der Waals surface area (Å²) in [6.07, 6.45) is 5.75. The van der Waals surface area contributed by atoms with E-state index < -0.39 is 5.54 Å². The van der Waals surface area contributed by atoms with Crippen LogP contribution in [0, 0.1) is 0 Å². The monoisotopic (exact) mass is 305 g/mol. The van der Waals surface area contributed by atoms with Crippen LogP contribution in [0.3, 0.4) is 0 Å². The number of hydrogen-bond donors (Lipinski definition) is 1. The van der Waals surface area contributed by atoms with E-state index in [-0.39, 0.29) is 0 Å². The van der Waals surface area contributed by atoms with Gasteiger partial charge in [0.15, 0.2) is 0 Å². The van der Waals surface area contributed by atoms with E-state index in [1.807, 2.05) is 18.2 Å². The second-order valence-electron chi connectivity index (χ2n) is 4.68. The Balaban J connectivity index is 2.29. The molecular formula is C13H12BrN3O. The Morgan fingerprint density at radius 1 is 1.39 bits per heavy atom. The normalized spacial score (nSPS) is 17.8. The van der Waals surface area contributed by atoms with Crippen molar-refractivity contribution in [1.82, 2.24) is 10.2 Å². The summed E-state index contributed by atoms with van der Waals surface area (Å²) in [6, 6.07) is 5.95. The fraction of sp³-hybridized carbons (Fsp3) is 0.385. The number of halogens is 1. The number of nitrogens with zero attached hydrogens (tertiary/aromatic N) is 2. The van der Waals surface area contributed by atoms with Crippen molar-refractivity contribution >= 4 is 32.9 Å². The lowest BCUT2D eigenvalue weighted by Gasteiger charge is -2.23. The summed E-state index contributed by atoms with van der Waals surface area (Å²) in [6.45, 7) is 0. The van der Waals surface area contributed by atoms with Crippen LogP contribution in [0.5, 0.6) is 0 Å². The maximum atomic E-state index is 10.8. The average Bonchev–Trinajstić information content (AvgIpc) is 2.98. The largest absolute Gasteiger partial charge is 0.270 e. The number of rotatable bonds is 2. The Morgan fingerprint density at radius 3 is 2.89 bits per heavy atom. The van der Waals surface area contributed by atoms with Gasteiger partial charge in [-0.05, 0) is 40.4 Å². The van der Waals surface area contributed by atoms with Crippen molar-refractivity contribution < 1.29 is 4.79 Å². The molecule has 4 nitrogen and oxygen atoms in total. The fourth-order valence-electron chi connectivity index (χ4n) is 2.91. The molecule has 0 saturated heterocycles. The van der Waals surface area contributed by atoms with Crippen LogP contribution in [-0.2, 0) is 10.3 Å². The molecule has 0 spiro atoms. The number of carbonyl (C=O) groups excluding carboxylic acids is 1. The first-order valence-corrected chi connectivity index (χ1v) is 6.78. The number of H-pyrrole nitrogens is 1. The third-order valence-corrected chi connectivity index (χ3v) is 4.30. The SMILES string of the molecule is O=C=NC1(c2cccc3n[nH]c(Br)c23)CCCC1. The second kappa shape index (κ2) is 4.34. The van der Waals surface area contributed by atoms with Crippen molar-refractivity contribution in [2.45, 2.75) is 31.2 Å². The van der Waals surface area contributed by atoms with Gasteiger partial charge in [-0.25, -0.2) is 4.79 Å². The summed E-state index contributed by atoms with van der Waals surface area (Å²) in [7, 11) is 0. The third kappa shape index (κ3) is 1.62. The zero-order chi connectivity index (χ0) is 12.6. The maximum Gasteiger partial charge on any atom is 0.235 e. The third-order valence-electron chi connectivity index (χ3n) is 3.73. The predicted molar refractivity (Wildman–Crippen MR) is 72.1 cm³/mol. The molecule has 3 rings (SSSR count). The van der Waals surface area contributed by atoms with Gasteiger partial charge in [-0.15, -0.1) is 0 Å². The molecule has 1 fully saturated rings. The van der Waals surface area contributed by atoms with Crippen LogP contribution in [0.25, 0.3) is 10.9 Å². The molecule has 1 N–H and O–H groups in total. The predicted octanol–water partition coefficient (Wildman–Crippen LogP) is 3.43. The molecule has 0 atom stereocenters. The minimum atomic E-state index is -0.409. The number of hydrogen-bond acceptors (Lipinski definition) is 3. The van der Waals surface area contributed by atoms with E-state index in [1.165, 1.54) is 0 Å². The topological polar surface area (TPSA) is 58.1 Å². The van der Waals surface area contributed by atoms with Crippen LogP contribution in [0.2, 0.25) is 0 Å². The standard InChI is InChI=1S/C13H12BrN3O/c14-12-11-9(4-3-5-10(11)16-17-12)13(15-8-18)6-1-2-7-13/h3-5H,1-2,6-7H2,(H,16,17). The quantitative estimate of drug-likeness (QED) is 0.682. The number of aliphatic imine (C=N–C) groups is 1. The molecule has 1 aliphatic rings. The van der Waals surface area contributed by atoms with Crippen LogP contribution in [0.1, 0.15) is 31.2 Å². The van der Waals surface area contributed by atoms with E-state index in [1.54, 1.807) is 6.08 Å². The molecular weight excluding hydrogens is 294 g/mol. The number of nitrogens with one attached hydrogen (secondary N) is 1. The van der Waals surface area contributed by atoms with Crippen LogP contribution < -0.4 is 0 Å². The van der Waals surface area contributed by atoms with Crippen LogP contribution >= 0.6 is 15.9 Å². The van der Waals surface area contributed by atoms with Gasteiger partial charge in [-0.3, -0.25) is 5.10 Å². The Labute approximate surface area is 113 Å². The Bertz CT molecular complexity index is 637. The molecule has 1 aromatic heterocycles. The highest BCUT2D eigenvalue weighted by atomic mass is 79.9. The lowest BCUT2D eigenvalue weighted by Crippen LogP contribution is -2.19. The zero-order valence-electron chi connectivity index (χ0n) is 9.74. The molecule has 0 bridgehead atoms. The summed E-state index contributed by atoms with van der Waals surface area (Å²) in [5.74, 6) is 0. The van der Waals surface area contributed by atoms with Crippen molar-refractivity contribution in [3.8, 4) is 0 Å². The van der Waals surface area contributed by atoms with E-state index in [4.69, 9.17) is 0 Å². The fourth-order valence-corrected chi connectivity index (χ4v) is 3.41. The molecule has 0 aliphatic heterocycles. The van der Waals surface area contributed by atoms with E-state index in [2.05, 4.69) is 31.1 Å². The summed E-state index contributed by atoms with van der Waals surface area (Å²) >= 11 is 3.48. The van der Waals surface area contributed by atoms with Crippen molar-refractivity contribution in [3.63, 3.8) is 0 Å². The van der Waals surface area contributed by atoms with Gasteiger partial charge in [0.05, 0.1) is 11.1 Å². The van der Waals surface area contributed by atoms with Crippen molar-refractivity contribution in [2.24, 2.45) is 4.99 Å². The highest BCUT2D eigenvalue weighted by Gasteiger charge is 2.37. The van der Waals surface area contributed by atoms with Gasteiger partial charge in [-0.2, -0.15) is 10.1 Å². The van der Waals surface area contributed by atoms with Crippen molar-refractivity contribution in [3.05, 3.63) is 28.4 Å². The summed E-state index contributed by atoms with van der Waals surface area (Å²) in [5.41, 5.74) is 1.56. The number of aromatic amines is 1. The first-order valence-electron chi connectivity index (χ1n) is 5.99. The molecule has 1 saturated carbocycles. The molecule has 0 unspecified atom stereocenters. The Morgan fingerprint density at radius 2 is 2.17 bits per heavy atom. The van der Waals surface area contributed by atoms with Crippen LogP contribution in [0.4, 0.5) is 0 Å². The number of benzene rings is 1. The highest BCUT2D eigenvalue weighted by Crippen LogP contribution is 2.45. The summed E-state index contributed by atoms with van der Waals surface area (Å²) < 4.78 is 0.848. The minimum absolute atomic E-state index is 0.409. The van der Waals surface area contributed by atoms with Crippen molar-refractivity contribution in [1.29, 1.82) is 0 Å². The first kappa shape index (κ1) is 11.6. The van der Waals surface area contributed by atoms with Crippen LogP contribution in [0.15, 0.2) is 27.8 Å². The van der Waals surface area contributed by atoms with Crippen molar-refractivity contribution in [2.75, 3.05) is 0 Å². The van der Waals surface area contributed by atoms with E-state index in [0.29, 0.717) is 0 Å². The molecule has 92 valence electrons. The van der Waals surface area contributed by atoms with Crippen LogP contribution in [-0.4, -0.2) is 16.3 Å². The van der Waals surface area contributed by atoms with Gasteiger partial charge >= 0.3 is 0 Å². The van der Waals surface area contributed by atoms with Gasteiger partial charge in [-0.1, -0.05) is 25.0 Å². The molecule has 0 radical (unpaired) electrons. The molecule has 18 heavy (non-hydrogen) atoms. The van der Waals surface area contributed by atoms with E-state index >= 15 is 0 Å². The lowest BCUT2D eigenvalue weighted by atomic mass is 9.87. The maximum absolute atomic E-state index is 10.8. The molecule has 1 aliphatic carbocycles. The summed E-state index contributed by atoms with van der Waals surface area (Å²) in [5, 5.41) is 8.18. The van der Waals surface area contributed by atoms with Gasteiger partial charge in [0.25, 0.3) is 0 Å². The zero-order valence-corrected chi connectivity index (χ0v) is 11.3. The molecule has 5 heteroatoms. The minimum Gasteiger partial charge on any atom is -0.270 e. The van der Waals surface area contributed by atoms with Gasteiger partial charge in [0, 0.05) is 5.39 Å². The second-order valence-corrected chi connectivity index (χ2v) is 5.47. The van der Waals surface area contributed by atoms with Gasteiger partial charge in [0.2, 0.25) is 6.08 Å².